The topological polar surface area (TPSA) is 121 Å². The van der Waals surface area contributed by atoms with Crippen molar-refractivity contribution in [3.8, 4) is 5.88 Å². The molecule has 176 valence electrons. The predicted molar refractivity (Wildman–Crippen MR) is 106 cm³/mol. The normalized spacial score (nSPS) is 24.5. The molecule has 1 amide bonds. The van der Waals surface area contributed by atoms with Gasteiger partial charge in [-0.15, -0.1) is 0 Å². The van der Waals surface area contributed by atoms with Gasteiger partial charge >= 0.3 is 0 Å². The molecule has 2 aliphatic rings. The predicted octanol–water partition coefficient (Wildman–Crippen LogP) is 2.18. The third kappa shape index (κ3) is 4.40. The van der Waals surface area contributed by atoms with Crippen LogP contribution in [0.1, 0.15) is 23.0 Å². The van der Waals surface area contributed by atoms with Gasteiger partial charge in [-0.1, -0.05) is 0 Å². The summed E-state index contributed by atoms with van der Waals surface area (Å²) in [4.78, 5) is 24.1. The molecule has 2 atom stereocenters. The summed E-state index contributed by atoms with van der Waals surface area (Å²) in [5.74, 6) is -4.74. The number of benzene rings is 1. The fraction of sp³-hybridized carbons (Fsp3) is 0.400. The minimum Gasteiger partial charge on any atom is -0.470 e. The van der Waals surface area contributed by atoms with Gasteiger partial charge in [-0.25, -0.2) is 32.5 Å². The van der Waals surface area contributed by atoms with Crippen LogP contribution in [0.3, 0.4) is 0 Å². The van der Waals surface area contributed by atoms with Crippen molar-refractivity contribution in [3.63, 3.8) is 0 Å². The van der Waals surface area contributed by atoms with Crippen LogP contribution in [0.4, 0.5) is 23.2 Å². The molecule has 0 aliphatic carbocycles. The molecule has 3 N–H and O–H groups in total. The van der Waals surface area contributed by atoms with Crippen molar-refractivity contribution >= 4 is 17.6 Å². The quantitative estimate of drug-likeness (QED) is 0.622. The maximum atomic E-state index is 15.5. The number of aliphatic imine (C=N–C) groups is 1. The van der Waals surface area contributed by atoms with Crippen LogP contribution in [-0.4, -0.2) is 59.9 Å². The Bertz CT molecular complexity index is 1090. The minimum atomic E-state index is -3.06. The Kier molecular flexibility index (Phi) is 5.60. The van der Waals surface area contributed by atoms with E-state index in [4.69, 9.17) is 19.9 Å². The first-order valence-corrected chi connectivity index (χ1v) is 9.70. The lowest BCUT2D eigenvalue weighted by atomic mass is 9.78. The molecule has 9 nitrogen and oxygen atoms in total. The number of aromatic nitrogens is 2. The second-order valence-corrected chi connectivity index (χ2v) is 7.80. The highest BCUT2D eigenvalue weighted by atomic mass is 19.3. The van der Waals surface area contributed by atoms with E-state index < -0.39 is 42.1 Å². The number of amides is 1. The molecule has 2 aromatic rings. The van der Waals surface area contributed by atoms with E-state index in [0.29, 0.717) is 6.92 Å². The zero-order chi connectivity index (χ0) is 23.9. The maximum absolute atomic E-state index is 15.5. The number of hydrogen-bond acceptors (Lipinski definition) is 8. The zero-order valence-corrected chi connectivity index (χ0v) is 17.3. The van der Waals surface area contributed by atoms with E-state index >= 15 is 4.39 Å². The number of amidine groups is 1. The molecule has 0 spiro atoms. The minimum absolute atomic E-state index is 0.119. The molecule has 0 radical (unpaired) electrons. The highest BCUT2D eigenvalue weighted by Crippen LogP contribution is 2.48. The Morgan fingerprint density at radius 2 is 2.06 bits per heavy atom. The molecule has 1 fully saturated rings. The van der Waals surface area contributed by atoms with Crippen molar-refractivity contribution in [2.45, 2.75) is 24.1 Å². The van der Waals surface area contributed by atoms with Crippen LogP contribution in [0.15, 0.2) is 35.6 Å². The lowest BCUT2D eigenvalue weighted by molar-refractivity contribution is -0.0243. The molecule has 1 aromatic carbocycles. The van der Waals surface area contributed by atoms with Crippen molar-refractivity contribution in [3.05, 3.63) is 47.7 Å². The lowest BCUT2D eigenvalue weighted by Gasteiger charge is -2.38. The van der Waals surface area contributed by atoms with Gasteiger partial charge in [-0.05, 0) is 18.2 Å². The number of alkyl halides is 3. The summed E-state index contributed by atoms with van der Waals surface area (Å²) in [7, 11) is 0. The molecule has 0 unspecified atom stereocenters. The molecule has 33 heavy (non-hydrogen) atoms. The van der Waals surface area contributed by atoms with E-state index in [2.05, 4.69) is 20.3 Å². The third-order valence-electron chi connectivity index (χ3n) is 5.14. The lowest BCUT2D eigenvalue weighted by Crippen LogP contribution is -2.55. The van der Waals surface area contributed by atoms with Crippen LogP contribution in [-0.2, 0) is 15.0 Å². The SMILES string of the molecule is CC(F)(F)COc1cnc(C(=O)Nc2ccc(F)c([C@]34COC[C@@]3(F)COC(N)=N4)c2)cn1. The Labute approximate surface area is 185 Å². The van der Waals surface area contributed by atoms with Crippen LogP contribution < -0.4 is 15.8 Å². The number of carbonyl (C=O) groups is 1. The van der Waals surface area contributed by atoms with Gasteiger partial charge < -0.3 is 25.3 Å². The fourth-order valence-electron chi connectivity index (χ4n) is 3.51. The van der Waals surface area contributed by atoms with E-state index in [9.17, 15) is 18.0 Å². The van der Waals surface area contributed by atoms with Crippen LogP contribution in [0.25, 0.3) is 0 Å². The van der Waals surface area contributed by atoms with Gasteiger partial charge in [0.25, 0.3) is 17.9 Å². The molecule has 4 rings (SSSR count). The summed E-state index contributed by atoms with van der Waals surface area (Å²) >= 11 is 0. The van der Waals surface area contributed by atoms with Crippen LogP contribution >= 0.6 is 0 Å². The number of halogens is 4. The monoisotopic (exact) mass is 469 g/mol. The molecule has 1 aromatic heterocycles. The van der Waals surface area contributed by atoms with E-state index in [-0.39, 0.29) is 42.1 Å². The largest absolute Gasteiger partial charge is 0.470 e. The number of anilines is 1. The number of hydrogen-bond donors (Lipinski definition) is 2. The first kappa shape index (κ1) is 22.7. The summed E-state index contributed by atoms with van der Waals surface area (Å²) in [6, 6.07) is 3.24. The summed E-state index contributed by atoms with van der Waals surface area (Å²) in [5, 5.41) is 2.50. The molecule has 3 heterocycles. The number of nitrogens with zero attached hydrogens (tertiary/aromatic N) is 3. The van der Waals surface area contributed by atoms with Crippen LogP contribution in [0, 0.1) is 5.82 Å². The van der Waals surface area contributed by atoms with Gasteiger partial charge in [-0.3, -0.25) is 4.79 Å². The highest BCUT2D eigenvalue weighted by molar-refractivity contribution is 6.02. The second kappa shape index (κ2) is 8.14. The number of nitrogens with two attached hydrogens (primary N) is 1. The Morgan fingerprint density at radius 1 is 1.27 bits per heavy atom. The fourth-order valence-corrected chi connectivity index (χ4v) is 3.51. The van der Waals surface area contributed by atoms with Gasteiger partial charge in [0.1, 0.15) is 18.1 Å². The second-order valence-electron chi connectivity index (χ2n) is 7.80. The van der Waals surface area contributed by atoms with Crippen molar-refractivity contribution < 1.29 is 36.6 Å². The molecule has 1 saturated heterocycles. The molecular weight excluding hydrogens is 450 g/mol. The average Bonchev–Trinajstić information content (AvgIpc) is 3.10. The first-order valence-electron chi connectivity index (χ1n) is 9.70. The average molecular weight is 469 g/mol. The molecule has 0 bridgehead atoms. The maximum Gasteiger partial charge on any atom is 0.283 e. The summed E-state index contributed by atoms with van der Waals surface area (Å²) in [6.45, 7) is -1.32. The van der Waals surface area contributed by atoms with Gasteiger partial charge in [-0.2, -0.15) is 0 Å². The molecular formula is C20H19F4N5O4. The number of carbonyl (C=O) groups excluding carboxylic acids is 1. The van der Waals surface area contributed by atoms with Crippen molar-refractivity contribution in [2.24, 2.45) is 10.7 Å². The summed E-state index contributed by atoms with van der Waals surface area (Å²) in [6.07, 6.45) is 2.05. The van der Waals surface area contributed by atoms with Gasteiger partial charge in [0, 0.05) is 18.2 Å². The van der Waals surface area contributed by atoms with Crippen molar-refractivity contribution in [2.75, 3.05) is 31.7 Å². The van der Waals surface area contributed by atoms with Crippen LogP contribution in [0.5, 0.6) is 5.88 Å². The van der Waals surface area contributed by atoms with Gasteiger partial charge in [0.2, 0.25) is 5.88 Å². The first-order chi connectivity index (χ1) is 15.5. The Morgan fingerprint density at radius 3 is 2.76 bits per heavy atom. The summed E-state index contributed by atoms with van der Waals surface area (Å²) < 4.78 is 71.1. The molecule has 0 saturated carbocycles. The molecule has 2 aliphatic heterocycles. The van der Waals surface area contributed by atoms with E-state index in [1.165, 1.54) is 12.1 Å². The number of nitrogens with one attached hydrogen (secondary N) is 1. The third-order valence-corrected chi connectivity index (χ3v) is 5.14. The van der Waals surface area contributed by atoms with Gasteiger partial charge in [0.15, 0.2) is 17.8 Å². The smallest absolute Gasteiger partial charge is 0.283 e. The Balaban J connectivity index is 1.55. The standard InChI is InChI=1S/C20H19F4N5O4/c1-18(22,23)7-32-15-6-26-14(5-27-15)16(30)28-11-2-3-13(21)12(4-11)20-10-31-8-19(20,24)9-33-17(25)29-20/h2-6H,7-10H2,1H3,(H2,25,29)(H,28,30)/t19-,20-/m1/s1. The molecule has 13 heteroatoms. The number of rotatable bonds is 6. The number of fused-ring (bicyclic) bond motifs is 1. The summed E-state index contributed by atoms with van der Waals surface area (Å²) in [5.41, 5.74) is 1.48. The van der Waals surface area contributed by atoms with Crippen molar-refractivity contribution in [1.82, 2.24) is 9.97 Å². The van der Waals surface area contributed by atoms with Gasteiger partial charge in [0.05, 0.1) is 25.6 Å². The highest BCUT2D eigenvalue weighted by Gasteiger charge is 2.62. The van der Waals surface area contributed by atoms with E-state index in [1.807, 2.05) is 0 Å². The number of ether oxygens (including phenoxy) is 3. The van der Waals surface area contributed by atoms with E-state index in [0.717, 1.165) is 18.5 Å². The zero-order valence-electron chi connectivity index (χ0n) is 17.3. The van der Waals surface area contributed by atoms with Crippen LogP contribution in [0.2, 0.25) is 0 Å². The Hall–Kier alpha value is -3.48. The van der Waals surface area contributed by atoms with E-state index in [1.54, 1.807) is 0 Å². The van der Waals surface area contributed by atoms with Crippen molar-refractivity contribution in [1.29, 1.82) is 0 Å².